The number of carbonyl (C=O) groups is 3. The lowest BCUT2D eigenvalue weighted by atomic mass is 10.0. The van der Waals surface area contributed by atoms with Crippen LogP contribution in [0.5, 0.6) is 0 Å². The maximum absolute atomic E-state index is 13.6. The Bertz CT molecular complexity index is 1080. The highest BCUT2D eigenvalue weighted by atomic mass is 19.1. The van der Waals surface area contributed by atoms with Gasteiger partial charge < -0.3 is 10.1 Å². The third-order valence-electron chi connectivity index (χ3n) is 4.46. The second-order valence-electron chi connectivity index (χ2n) is 6.65. The zero-order valence-electron chi connectivity index (χ0n) is 16.5. The Labute approximate surface area is 172 Å². The first-order valence-electron chi connectivity index (χ1n) is 9.15. The summed E-state index contributed by atoms with van der Waals surface area (Å²) in [4.78, 5) is 37.3. The van der Waals surface area contributed by atoms with Crippen LogP contribution in [0.3, 0.4) is 0 Å². The lowest BCUT2D eigenvalue weighted by molar-refractivity contribution is -0.152. The maximum Gasteiger partial charge on any atom is 0.376 e. The number of carbonyl (C=O) groups excluding carboxylic acids is 3. The molecular formula is C22H20FN3O4. The molecule has 3 rings (SSSR count). The SMILES string of the molecule is COC(=O)C(=O)C(Cc1ccccc1)NC(=O)c1cn(C)nc1-c1cccc(F)c1. The Morgan fingerprint density at radius 2 is 1.87 bits per heavy atom. The number of halogens is 1. The van der Waals surface area contributed by atoms with Crippen molar-refractivity contribution in [2.24, 2.45) is 7.05 Å². The molecule has 1 atom stereocenters. The summed E-state index contributed by atoms with van der Waals surface area (Å²) in [7, 11) is 2.73. The molecule has 30 heavy (non-hydrogen) atoms. The summed E-state index contributed by atoms with van der Waals surface area (Å²) in [5.41, 5.74) is 1.59. The molecule has 0 saturated carbocycles. The van der Waals surface area contributed by atoms with E-state index in [0.717, 1.165) is 12.7 Å². The first-order valence-corrected chi connectivity index (χ1v) is 9.15. The number of amides is 1. The van der Waals surface area contributed by atoms with Gasteiger partial charge in [0.05, 0.1) is 12.7 Å². The third kappa shape index (κ3) is 4.78. The van der Waals surface area contributed by atoms with Crippen LogP contribution in [-0.4, -0.2) is 40.6 Å². The summed E-state index contributed by atoms with van der Waals surface area (Å²) in [5, 5.41) is 6.84. The summed E-state index contributed by atoms with van der Waals surface area (Å²) in [6.07, 6.45) is 1.58. The molecule has 1 amide bonds. The van der Waals surface area contributed by atoms with E-state index in [4.69, 9.17) is 0 Å². The van der Waals surface area contributed by atoms with E-state index in [1.807, 2.05) is 6.07 Å². The average molecular weight is 409 g/mol. The summed E-state index contributed by atoms with van der Waals surface area (Å²) in [5.74, 6) is -2.99. The Hall–Kier alpha value is -3.81. The molecular weight excluding hydrogens is 389 g/mol. The number of aromatic nitrogens is 2. The average Bonchev–Trinajstić information content (AvgIpc) is 3.14. The fourth-order valence-electron chi connectivity index (χ4n) is 3.04. The Kier molecular flexibility index (Phi) is 6.36. The van der Waals surface area contributed by atoms with Gasteiger partial charge in [0, 0.05) is 25.2 Å². The van der Waals surface area contributed by atoms with Crippen LogP contribution in [0.2, 0.25) is 0 Å². The van der Waals surface area contributed by atoms with Crippen molar-refractivity contribution in [3.05, 3.63) is 77.7 Å². The summed E-state index contributed by atoms with van der Waals surface area (Å²) in [6.45, 7) is 0. The normalized spacial score (nSPS) is 11.6. The van der Waals surface area contributed by atoms with Gasteiger partial charge in [-0.05, 0) is 17.7 Å². The van der Waals surface area contributed by atoms with E-state index in [9.17, 15) is 18.8 Å². The molecule has 0 aliphatic carbocycles. The largest absolute Gasteiger partial charge is 0.463 e. The van der Waals surface area contributed by atoms with E-state index >= 15 is 0 Å². The number of ether oxygens (including phenoxy) is 1. The van der Waals surface area contributed by atoms with Crippen molar-refractivity contribution in [3.8, 4) is 11.3 Å². The molecule has 1 heterocycles. The number of nitrogens with one attached hydrogen (secondary N) is 1. The second-order valence-corrected chi connectivity index (χ2v) is 6.65. The highest BCUT2D eigenvalue weighted by Crippen LogP contribution is 2.23. The highest BCUT2D eigenvalue weighted by molar-refractivity contribution is 6.36. The number of Topliss-reactive ketones (excluding diaryl/α,β-unsaturated/α-hetero) is 1. The molecule has 7 nitrogen and oxygen atoms in total. The summed E-state index contributed by atoms with van der Waals surface area (Å²) >= 11 is 0. The number of aryl methyl sites for hydroxylation is 1. The standard InChI is InChI=1S/C22H20FN3O4/c1-26-13-17(19(25-26)15-9-6-10-16(23)12-15)21(28)24-18(20(27)22(29)30-2)11-14-7-4-3-5-8-14/h3-10,12-13,18H,11H2,1-2H3,(H,24,28). The molecule has 0 radical (unpaired) electrons. The quantitative estimate of drug-likeness (QED) is 0.478. The van der Waals surface area contributed by atoms with Crippen LogP contribution < -0.4 is 5.32 Å². The van der Waals surface area contributed by atoms with Crippen molar-refractivity contribution in [2.75, 3.05) is 7.11 Å². The molecule has 2 aromatic carbocycles. The molecule has 1 unspecified atom stereocenters. The molecule has 0 fully saturated rings. The van der Waals surface area contributed by atoms with Crippen molar-refractivity contribution >= 4 is 17.7 Å². The Morgan fingerprint density at radius 1 is 1.13 bits per heavy atom. The molecule has 1 aromatic heterocycles. The molecule has 3 aromatic rings. The zero-order chi connectivity index (χ0) is 21.7. The maximum atomic E-state index is 13.6. The van der Waals surface area contributed by atoms with E-state index in [1.54, 1.807) is 37.4 Å². The first-order chi connectivity index (χ1) is 14.4. The predicted molar refractivity (Wildman–Crippen MR) is 107 cm³/mol. The number of hydrogen-bond donors (Lipinski definition) is 1. The highest BCUT2D eigenvalue weighted by Gasteiger charge is 2.29. The minimum atomic E-state index is -1.13. The van der Waals surface area contributed by atoms with E-state index < -0.39 is 29.5 Å². The molecule has 0 aliphatic rings. The van der Waals surface area contributed by atoms with Gasteiger partial charge in [0.1, 0.15) is 17.6 Å². The van der Waals surface area contributed by atoms with Crippen LogP contribution in [0.15, 0.2) is 60.8 Å². The van der Waals surface area contributed by atoms with Crippen LogP contribution in [0.1, 0.15) is 15.9 Å². The lowest BCUT2D eigenvalue weighted by Gasteiger charge is -2.16. The minimum Gasteiger partial charge on any atom is -0.463 e. The van der Waals surface area contributed by atoms with Gasteiger partial charge in [-0.2, -0.15) is 5.10 Å². The van der Waals surface area contributed by atoms with E-state index in [0.29, 0.717) is 5.56 Å². The number of ketones is 1. The molecule has 8 heteroatoms. The van der Waals surface area contributed by atoms with Gasteiger partial charge in [0.15, 0.2) is 0 Å². The molecule has 0 bridgehead atoms. The second kappa shape index (κ2) is 9.13. The van der Waals surface area contributed by atoms with Crippen LogP contribution in [0.4, 0.5) is 4.39 Å². The van der Waals surface area contributed by atoms with Crippen LogP contribution in [0, 0.1) is 5.82 Å². The summed E-state index contributed by atoms with van der Waals surface area (Å²) in [6, 6.07) is 13.5. The van der Waals surface area contributed by atoms with E-state index in [1.165, 1.54) is 29.1 Å². The van der Waals surface area contributed by atoms with Crippen LogP contribution >= 0.6 is 0 Å². The molecule has 1 N–H and O–H groups in total. The van der Waals surface area contributed by atoms with Crippen molar-refractivity contribution < 1.29 is 23.5 Å². The number of methoxy groups -OCH3 is 1. The fraction of sp³-hybridized carbons (Fsp3) is 0.182. The molecule has 0 aliphatic heterocycles. The number of esters is 1. The van der Waals surface area contributed by atoms with E-state index in [2.05, 4.69) is 15.2 Å². The van der Waals surface area contributed by atoms with Gasteiger partial charge in [0.25, 0.3) is 11.7 Å². The monoisotopic (exact) mass is 409 g/mol. The van der Waals surface area contributed by atoms with Crippen LogP contribution in [-0.2, 0) is 27.8 Å². The molecule has 154 valence electrons. The van der Waals surface area contributed by atoms with Crippen molar-refractivity contribution in [3.63, 3.8) is 0 Å². The Balaban J connectivity index is 1.91. The zero-order valence-corrected chi connectivity index (χ0v) is 16.5. The number of hydrogen-bond acceptors (Lipinski definition) is 5. The van der Waals surface area contributed by atoms with Crippen molar-refractivity contribution in [1.29, 1.82) is 0 Å². The Morgan fingerprint density at radius 3 is 2.53 bits per heavy atom. The lowest BCUT2D eigenvalue weighted by Crippen LogP contribution is -2.45. The van der Waals surface area contributed by atoms with Gasteiger partial charge in [-0.3, -0.25) is 14.3 Å². The number of rotatable bonds is 7. The van der Waals surface area contributed by atoms with Crippen LogP contribution in [0.25, 0.3) is 11.3 Å². The van der Waals surface area contributed by atoms with Gasteiger partial charge in [-0.15, -0.1) is 0 Å². The molecule has 0 spiro atoms. The smallest absolute Gasteiger partial charge is 0.376 e. The van der Waals surface area contributed by atoms with Crippen molar-refractivity contribution in [1.82, 2.24) is 15.1 Å². The van der Waals surface area contributed by atoms with Gasteiger partial charge in [-0.1, -0.05) is 42.5 Å². The topological polar surface area (TPSA) is 90.3 Å². The van der Waals surface area contributed by atoms with Crippen molar-refractivity contribution in [2.45, 2.75) is 12.5 Å². The molecule has 0 saturated heterocycles. The number of benzene rings is 2. The fourth-order valence-corrected chi connectivity index (χ4v) is 3.04. The van der Waals surface area contributed by atoms with E-state index in [-0.39, 0.29) is 17.7 Å². The minimum absolute atomic E-state index is 0.107. The first kappa shape index (κ1) is 20.9. The van der Waals surface area contributed by atoms with Gasteiger partial charge in [0.2, 0.25) is 0 Å². The van der Waals surface area contributed by atoms with Gasteiger partial charge in [-0.25, -0.2) is 9.18 Å². The summed E-state index contributed by atoms with van der Waals surface area (Å²) < 4.78 is 19.6. The predicted octanol–water partition coefficient (Wildman–Crippen LogP) is 2.31. The number of nitrogens with zero attached hydrogens (tertiary/aromatic N) is 2. The third-order valence-corrected chi connectivity index (χ3v) is 4.46. The van der Waals surface area contributed by atoms with Gasteiger partial charge >= 0.3 is 5.97 Å².